The van der Waals surface area contributed by atoms with Crippen molar-refractivity contribution in [1.29, 1.82) is 0 Å². The van der Waals surface area contributed by atoms with E-state index in [2.05, 4.69) is 5.32 Å². The van der Waals surface area contributed by atoms with Crippen LogP contribution in [0.15, 0.2) is 0 Å². The zero-order chi connectivity index (χ0) is 12.7. The summed E-state index contributed by atoms with van der Waals surface area (Å²) in [5.41, 5.74) is -5.69. The second-order valence-electron chi connectivity index (χ2n) is 4.70. The number of alkyl halides is 3. The lowest BCUT2D eigenvalue weighted by Gasteiger charge is -2.32. The molecular formula is C9H15F3N2O2S. The average Bonchev–Trinajstić information content (AvgIpc) is 2.77. The van der Waals surface area contributed by atoms with Gasteiger partial charge in [-0.15, -0.1) is 0 Å². The normalized spacial score (nSPS) is 34.6. The van der Waals surface area contributed by atoms with E-state index in [0.29, 0.717) is 6.42 Å². The molecule has 4 nitrogen and oxygen atoms in total. The second kappa shape index (κ2) is 4.10. The van der Waals surface area contributed by atoms with E-state index in [0.717, 1.165) is 32.2 Å². The minimum atomic E-state index is -5.23. The zero-order valence-electron chi connectivity index (χ0n) is 9.18. The Morgan fingerprint density at radius 1 is 1.24 bits per heavy atom. The van der Waals surface area contributed by atoms with Gasteiger partial charge in [0, 0.05) is 11.6 Å². The van der Waals surface area contributed by atoms with E-state index >= 15 is 0 Å². The highest BCUT2D eigenvalue weighted by atomic mass is 32.2. The van der Waals surface area contributed by atoms with E-state index in [4.69, 9.17) is 0 Å². The van der Waals surface area contributed by atoms with Gasteiger partial charge >= 0.3 is 15.5 Å². The Morgan fingerprint density at radius 3 is 2.41 bits per heavy atom. The maximum absolute atomic E-state index is 12.3. The van der Waals surface area contributed by atoms with Crippen LogP contribution < -0.4 is 10.0 Å². The Balaban J connectivity index is 2.14. The lowest BCUT2D eigenvalue weighted by atomic mass is 9.92. The molecule has 8 heteroatoms. The van der Waals surface area contributed by atoms with Gasteiger partial charge in [0.25, 0.3) is 0 Å². The third-order valence-electron chi connectivity index (χ3n) is 3.66. The fourth-order valence-corrected chi connectivity index (χ4v) is 3.69. The highest BCUT2D eigenvalue weighted by Gasteiger charge is 2.52. The van der Waals surface area contributed by atoms with Crippen molar-refractivity contribution >= 4 is 10.0 Å². The van der Waals surface area contributed by atoms with Gasteiger partial charge in [-0.1, -0.05) is 0 Å². The average molecular weight is 272 g/mol. The number of sulfonamides is 1. The maximum atomic E-state index is 12.3. The number of rotatable bonds is 2. The van der Waals surface area contributed by atoms with Crippen LogP contribution in [-0.4, -0.2) is 32.1 Å². The molecule has 100 valence electrons. The lowest BCUT2D eigenvalue weighted by molar-refractivity contribution is -0.0453. The van der Waals surface area contributed by atoms with Gasteiger partial charge in [0.1, 0.15) is 0 Å². The summed E-state index contributed by atoms with van der Waals surface area (Å²) in [5, 5.41) is 3.16. The van der Waals surface area contributed by atoms with Crippen molar-refractivity contribution in [1.82, 2.24) is 10.0 Å². The monoisotopic (exact) mass is 272 g/mol. The summed E-state index contributed by atoms with van der Waals surface area (Å²) >= 11 is 0. The van der Waals surface area contributed by atoms with Crippen LogP contribution in [0.4, 0.5) is 13.2 Å². The number of hydrogen-bond donors (Lipinski definition) is 2. The minimum Gasteiger partial charge on any atom is -0.310 e. The van der Waals surface area contributed by atoms with Crippen molar-refractivity contribution < 1.29 is 21.6 Å². The Kier molecular flexibility index (Phi) is 3.16. The fourth-order valence-electron chi connectivity index (χ4n) is 2.84. The van der Waals surface area contributed by atoms with Crippen LogP contribution in [0.2, 0.25) is 0 Å². The van der Waals surface area contributed by atoms with Crippen LogP contribution in [0.3, 0.4) is 0 Å². The van der Waals surface area contributed by atoms with Crippen LogP contribution in [0.1, 0.15) is 32.1 Å². The summed E-state index contributed by atoms with van der Waals surface area (Å²) in [6, 6.07) is -0.642. The molecule has 1 aliphatic carbocycles. The predicted molar refractivity (Wildman–Crippen MR) is 55.7 cm³/mol. The zero-order valence-corrected chi connectivity index (χ0v) is 10.00. The minimum absolute atomic E-state index is 0.460. The summed E-state index contributed by atoms with van der Waals surface area (Å²) in [4.78, 5) is 0. The Hall–Kier alpha value is -0.340. The van der Waals surface area contributed by atoms with Crippen molar-refractivity contribution in [3.8, 4) is 0 Å². The highest BCUT2D eigenvalue weighted by Crippen LogP contribution is 2.38. The molecule has 0 amide bonds. The molecule has 1 saturated carbocycles. The molecule has 1 heterocycles. The molecule has 0 aromatic heterocycles. The third-order valence-corrected chi connectivity index (χ3v) is 4.87. The summed E-state index contributed by atoms with van der Waals surface area (Å²) in [5.74, 6) is 0. The van der Waals surface area contributed by atoms with Crippen molar-refractivity contribution in [2.24, 2.45) is 0 Å². The fraction of sp³-hybridized carbons (Fsp3) is 1.00. The second-order valence-corrected chi connectivity index (χ2v) is 6.40. The molecule has 0 aromatic rings. The first-order valence-electron chi connectivity index (χ1n) is 5.60. The molecule has 17 heavy (non-hydrogen) atoms. The first-order valence-corrected chi connectivity index (χ1v) is 7.09. The SMILES string of the molecule is O=S(=O)(N[C@H]1CCC[C@]12CCCN2)C(F)(F)F. The molecule has 2 fully saturated rings. The summed E-state index contributed by atoms with van der Waals surface area (Å²) in [6.45, 7) is 0.740. The topological polar surface area (TPSA) is 58.2 Å². The van der Waals surface area contributed by atoms with Gasteiger partial charge in [-0.05, 0) is 38.6 Å². The molecule has 0 unspecified atom stereocenters. The first-order chi connectivity index (χ1) is 7.77. The van der Waals surface area contributed by atoms with E-state index in [1.54, 1.807) is 0 Å². The molecule has 2 aliphatic rings. The van der Waals surface area contributed by atoms with Crippen molar-refractivity contribution in [2.75, 3.05) is 6.54 Å². The van der Waals surface area contributed by atoms with Gasteiger partial charge in [-0.2, -0.15) is 13.2 Å². The molecule has 2 rings (SSSR count). The van der Waals surface area contributed by atoms with Crippen LogP contribution >= 0.6 is 0 Å². The van der Waals surface area contributed by atoms with Gasteiger partial charge in [0.2, 0.25) is 0 Å². The van der Waals surface area contributed by atoms with Crippen molar-refractivity contribution in [2.45, 2.75) is 49.2 Å². The van der Waals surface area contributed by atoms with E-state index in [1.165, 1.54) is 0 Å². The summed E-state index contributed by atoms with van der Waals surface area (Å²) < 4.78 is 60.9. The Bertz CT molecular complexity index is 382. The van der Waals surface area contributed by atoms with Crippen LogP contribution in [0.25, 0.3) is 0 Å². The number of hydrogen-bond acceptors (Lipinski definition) is 3. The lowest BCUT2D eigenvalue weighted by Crippen LogP contribution is -2.56. The maximum Gasteiger partial charge on any atom is 0.511 e. The first kappa shape index (κ1) is 13.1. The third kappa shape index (κ3) is 2.30. The molecule has 1 aliphatic heterocycles. The van der Waals surface area contributed by atoms with Crippen molar-refractivity contribution in [3.05, 3.63) is 0 Å². The standard InChI is InChI=1S/C9H15F3N2O2S/c10-9(11,12)17(15,16)14-7-3-1-4-8(7)5-2-6-13-8/h7,13-14H,1-6H2/t7-,8-/m0/s1. The molecule has 0 radical (unpaired) electrons. The number of nitrogens with one attached hydrogen (secondary N) is 2. The van der Waals surface area contributed by atoms with E-state index < -0.39 is 27.1 Å². The molecular weight excluding hydrogens is 257 g/mol. The molecule has 2 N–H and O–H groups in total. The largest absolute Gasteiger partial charge is 0.511 e. The van der Waals surface area contributed by atoms with E-state index in [9.17, 15) is 21.6 Å². The van der Waals surface area contributed by atoms with E-state index in [-0.39, 0.29) is 0 Å². The number of halogens is 3. The summed E-state index contributed by atoms with van der Waals surface area (Å²) in [7, 11) is -5.23. The van der Waals surface area contributed by atoms with Gasteiger partial charge in [-0.3, -0.25) is 0 Å². The molecule has 1 saturated heterocycles. The molecule has 0 aromatic carbocycles. The van der Waals surface area contributed by atoms with Crippen LogP contribution in [0, 0.1) is 0 Å². The quantitative estimate of drug-likeness (QED) is 0.791. The predicted octanol–water partition coefficient (Wildman–Crippen LogP) is 1.10. The smallest absolute Gasteiger partial charge is 0.310 e. The van der Waals surface area contributed by atoms with E-state index in [1.807, 2.05) is 4.72 Å². The molecule has 1 spiro atoms. The Morgan fingerprint density at radius 2 is 1.88 bits per heavy atom. The Labute approximate surface area is 98.0 Å². The van der Waals surface area contributed by atoms with Gasteiger partial charge in [0.15, 0.2) is 0 Å². The van der Waals surface area contributed by atoms with Gasteiger partial charge < -0.3 is 5.32 Å². The highest BCUT2D eigenvalue weighted by molar-refractivity contribution is 7.90. The van der Waals surface area contributed by atoms with Gasteiger partial charge in [-0.25, -0.2) is 13.1 Å². The van der Waals surface area contributed by atoms with Crippen molar-refractivity contribution in [3.63, 3.8) is 0 Å². The molecule has 0 bridgehead atoms. The molecule has 2 atom stereocenters. The van der Waals surface area contributed by atoms with Crippen LogP contribution in [-0.2, 0) is 10.0 Å². The van der Waals surface area contributed by atoms with Crippen LogP contribution in [0.5, 0.6) is 0 Å². The summed E-state index contributed by atoms with van der Waals surface area (Å²) in [6.07, 6.45) is 3.56. The van der Waals surface area contributed by atoms with Gasteiger partial charge in [0.05, 0.1) is 0 Å².